The van der Waals surface area contributed by atoms with Gasteiger partial charge < -0.3 is 9.64 Å². The number of hydrogen-bond donors (Lipinski definition) is 0. The third kappa shape index (κ3) is 5.58. The minimum atomic E-state index is 0.636. The van der Waals surface area contributed by atoms with Gasteiger partial charge in [-0.2, -0.15) is 0 Å². The van der Waals surface area contributed by atoms with Crippen LogP contribution in [0.1, 0.15) is 33.4 Å². The molecule has 2 nitrogen and oxygen atoms in total. The Morgan fingerprint density at radius 2 is 1.00 bits per heavy atom. The molecule has 0 aliphatic heterocycles. The average Bonchev–Trinajstić information content (AvgIpc) is 2.70. The van der Waals surface area contributed by atoms with Crippen LogP contribution < -0.4 is 0 Å². The summed E-state index contributed by atoms with van der Waals surface area (Å²) in [5.41, 5.74) is 8.32. The summed E-state index contributed by atoms with van der Waals surface area (Å²) in [5, 5.41) is 0. The van der Waals surface area contributed by atoms with Gasteiger partial charge in [0, 0.05) is 17.7 Å². The van der Waals surface area contributed by atoms with E-state index in [0.29, 0.717) is 6.61 Å². The number of aryl methyl sites for hydroxylation is 3. The van der Waals surface area contributed by atoms with E-state index in [0.717, 1.165) is 23.4 Å². The quantitative estimate of drug-likeness (QED) is 0.359. The maximum absolute atomic E-state index is 6.45. The molecule has 0 aromatic heterocycles. The molecular formula is C27H31NO. The smallest absolute Gasteiger partial charge is 0.135 e. The van der Waals surface area contributed by atoms with Crippen LogP contribution in [0, 0.1) is 20.8 Å². The van der Waals surface area contributed by atoms with Gasteiger partial charge in [0.1, 0.15) is 12.4 Å². The SMILES string of the molecule is Cc1ccc(C(OCCN(C)C)=C(c2ccc(C)cc2)c2ccc(C)cc2)cc1. The van der Waals surface area contributed by atoms with Gasteiger partial charge >= 0.3 is 0 Å². The largest absolute Gasteiger partial charge is 0.491 e. The van der Waals surface area contributed by atoms with Crippen molar-refractivity contribution in [1.29, 1.82) is 0 Å². The van der Waals surface area contributed by atoms with E-state index >= 15 is 0 Å². The standard InChI is InChI=1S/C27H31NO/c1-20-6-12-23(13-7-20)26(24-14-8-21(2)9-15-24)27(29-19-18-28(4)5)25-16-10-22(3)11-17-25/h6-17H,18-19H2,1-5H3. The Kier molecular flexibility index (Phi) is 6.90. The molecule has 3 aromatic carbocycles. The monoisotopic (exact) mass is 385 g/mol. The minimum absolute atomic E-state index is 0.636. The predicted molar refractivity (Wildman–Crippen MR) is 124 cm³/mol. The lowest BCUT2D eigenvalue weighted by Crippen LogP contribution is -2.18. The molecule has 0 unspecified atom stereocenters. The first-order valence-electron chi connectivity index (χ1n) is 10.2. The van der Waals surface area contributed by atoms with Crippen LogP contribution in [-0.4, -0.2) is 32.1 Å². The number of rotatable bonds is 7. The third-order valence-electron chi connectivity index (χ3n) is 5.01. The molecule has 0 fully saturated rings. The topological polar surface area (TPSA) is 12.5 Å². The van der Waals surface area contributed by atoms with Gasteiger partial charge in [0.25, 0.3) is 0 Å². The molecule has 0 bridgehead atoms. The maximum atomic E-state index is 6.45. The molecule has 0 saturated heterocycles. The van der Waals surface area contributed by atoms with Crippen LogP contribution in [0.15, 0.2) is 72.8 Å². The molecule has 0 atom stereocenters. The highest BCUT2D eigenvalue weighted by atomic mass is 16.5. The predicted octanol–water partition coefficient (Wildman–Crippen LogP) is 6.11. The first-order valence-corrected chi connectivity index (χ1v) is 10.2. The zero-order valence-electron chi connectivity index (χ0n) is 18.2. The summed E-state index contributed by atoms with van der Waals surface area (Å²) >= 11 is 0. The molecule has 0 heterocycles. The van der Waals surface area contributed by atoms with Gasteiger partial charge in [-0.05, 0) is 46.0 Å². The molecule has 3 aromatic rings. The van der Waals surface area contributed by atoms with Crippen LogP contribution in [0.3, 0.4) is 0 Å². The highest BCUT2D eigenvalue weighted by Crippen LogP contribution is 2.33. The van der Waals surface area contributed by atoms with Crippen LogP contribution in [-0.2, 0) is 4.74 Å². The summed E-state index contributed by atoms with van der Waals surface area (Å²) in [6, 6.07) is 26.0. The molecule has 2 heteroatoms. The van der Waals surface area contributed by atoms with E-state index in [2.05, 4.69) is 113 Å². The van der Waals surface area contributed by atoms with Gasteiger partial charge in [0.05, 0.1) is 0 Å². The number of nitrogens with zero attached hydrogens (tertiary/aromatic N) is 1. The lowest BCUT2D eigenvalue weighted by Gasteiger charge is -2.20. The highest BCUT2D eigenvalue weighted by Gasteiger charge is 2.16. The second-order valence-corrected chi connectivity index (χ2v) is 7.95. The van der Waals surface area contributed by atoms with Crippen molar-refractivity contribution in [3.05, 3.63) is 106 Å². The molecule has 29 heavy (non-hydrogen) atoms. The number of ether oxygens (including phenoxy) is 1. The van der Waals surface area contributed by atoms with Gasteiger partial charge in [0.15, 0.2) is 0 Å². The summed E-state index contributed by atoms with van der Waals surface area (Å²) in [6.07, 6.45) is 0. The van der Waals surface area contributed by atoms with Gasteiger partial charge in [-0.1, -0.05) is 89.5 Å². The van der Waals surface area contributed by atoms with Gasteiger partial charge in [-0.15, -0.1) is 0 Å². The molecule has 0 radical (unpaired) electrons. The van der Waals surface area contributed by atoms with Crippen LogP contribution in [0.4, 0.5) is 0 Å². The lowest BCUT2D eigenvalue weighted by atomic mass is 9.93. The van der Waals surface area contributed by atoms with Crippen molar-refractivity contribution in [2.45, 2.75) is 20.8 Å². The van der Waals surface area contributed by atoms with Crippen molar-refractivity contribution in [2.24, 2.45) is 0 Å². The Balaban J connectivity index is 2.20. The Hall–Kier alpha value is -2.84. The molecular weight excluding hydrogens is 354 g/mol. The molecule has 3 rings (SSSR count). The fourth-order valence-corrected chi connectivity index (χ4v) is 3.20. The number of hydrogen-bond acceptors (Lipinski definition) is 2. The van der Waals surface area contributed by atoms with E-state index in [9.17, 15) is 0 Å². The van der Waals surface area contributed by atoms with Crippen molar-refractivity contribution in [3.8, 4) is 0 Å². The van der Waals surface area contributed by atoms with Crippen LogP contribution in [0.5, 0.6) is 0 Å². The zero-order chi connectivity index (χ0) is 20.8. The Morgan fingerprint density at radius 3 is 1.38 bits per heavy atom. The first-order chi connectivity index (χ1) is 13.9. The first kappa shape index (κ1) is 20.9. The molecule has 0 aliphatic carbocycles. The molecule has 0 amide bonds. The van der Waals surface area contributed by atoms with Gasteiger partial charge in [0.2, 0.25) is 0 Å². The van der Waals surface area contributed by atoms with E-state index < -0.39 is 0 Å². The summed E-state index contributed by atoms with van der Waals surface area (Å²) in [4.78, 5) is 2.14. The van der Waals surface area contributed by atoms with Crippen molar-refractivity contribution in [1.82, 2.24) is 4.90 Å². The third-order valence-corrected chi connectivity index (χ3v) is 5.01. The Labute approximate surface area is 175 Å². The van der Waals surface area contributed by atoms with Crippen LogP contribution >= 0.6 is 0 Å². The fraction of sp³-hybridized carbons (Fsp3) is 0.259. The molecule has 0 aliphatic rings. The van der Waals surface area contributed by atoms with E-state index in [-0.39, 0.29) is 0 Å². The van der Waals surface area contributed by atoms with Crippen molar-refractivity contribution in [2.75, 3.05) is 27.2 Å². The summed E-state index contributed by atoms with van der Waals surface area (Å²) in [6.45, 7) is 7.85. The molecule has 0 saturated carbocycles. The summed E-state index contributed by atoms with van der Waals surface area (Å²) in [5.74, 6) is 0.930. The van der Waals surface area contributed by atoms with Crippen molar-refractivity contribution >= 4 is 11.3 Å². The summed E-state index contributed by atoms with van der Waals surface area (Å²) < 4.78 is 6.45. The zero-order valence-corrected chi connectivity index (χ0v) is 18.2. The van der Waals surface area contributed by atoms with Gasteiger partial charge in [-0.25, -0.2) is 0 Å². The molecule has 0 N–H and O–H groups in total. The number of likely N-dealkylation sites (N-methyl/N-ethyl adjacent to an activating group) is 1. The maximum Gasteiger partial charge on any atom is 0.135 e. The highest BCUT2D eigenvalue weighted by molar-refractivity contribution is 5.96. The number of benzene rings is 3. The van der Waals surface area contributed by atoms with E-state index in [1.807, 2.05) is 0 Å². The Morgan fingerprint density at radius 1 is 0.621 bits per heavy atom. The van der Waals surface area contributed by atoms with Crippen molar-refractivity contribution < 1.29 is 4.74 Å². The fourth-order valence-electron chi connectivity index (χ4n) is 3.20. The van der Waals surface area contributed by atoms with Crippen LogP contribution in [0.25, 0.3) is 11.3 Å². The normalized spacial score (nSPS) is 10.8. The lowest BCUT2D eigenvalue weighted by molar-refractivity contribution is 0.233. The summed E-state index contributed by atoms with van der Waals surface area (Å²) in [7, 11) is 4.14. The van der Waals surface area contributed by atoms with Gasteiger partial charge in [-0.3, -0.25) is 0 Å². The second kappa shape index (κ2) is 9.58. The van der Waals surface area contributed by atoms with Crippen molar-refractivity contribution in [3.63, 3.8) is 0 Å². The second-order valence-electron chi connectivity index (χ2n) is 7.95. The molecule has 0 spiro atoms. The van der Waals surface area contributed by atoms with Crippen LogP contribution in [0.2, 0.25) is 0 Å². The van der Waals surface area contributed by atoms with E-state index in [1.165, 1.54) is 27.8 Å². The van der Waals surface area contributed by atoms with E-state index in [4.69, 9.17) is 4.74 Å². The minimum Gasteiger partial charge on any atom is -0.491 e. The molecule has 150 valence electrons. The van der Waals surface area contributed by atoms with E-state index in [1.54, 1.807) is 0 Å². The Bertz CT molecular complexity index is 901. The average molecular weight is 386 g/mol.